The smallest absolute Gasteiger partial charge is 0.124 e. The van der Waals surface area contributed by atoms with Crippen LogP contribution in [0.3, 0.4) is 0 Å². The quantitative estimate of drug-likeness (QED) is 0.479. The fourth-order valence-corrected chi connectivity index (χ4v) is 2.59. The maximum Gasteiger partial charge on any atom is 0.124 e. The summed E-state index contributed by atoms with van der Waals surface area (Å²) in [6.45, 7) is 3.21. The van der Waals surface area contributed by atoms with Gasteiger partial charge in [-0.15, -0.1) is 0 Å². The van der Waals surface area contributed by atoms with Crippen molar-refractivity contribution in [2.45, 2.75) is 26.6 Å². The van der Waals surface area contributed by atoms with Gasteiger partial charge in [0, 0.05) is 6.07 Å². The Morgan fingerprint density at radius 2 is 1.19 bits per heavy atom. The summed E-state index contributed by atoms with van der Waals surface area (Å²) < 4.78 is 12.0. The van der Waals surface area contributed by atoms with Gasteiger partial charge in [0.1, 0.15) is 24.7 Å². The standard InChI is InChI=1S/C24H24O2/c1-2-3-10-22-15-23(25-18-20-11-6-4-7-12-20)17-24(16-22)26-19-21-13-8-5-9-14-21/h3-17H,2,18-19H2,1H3/b10-3+. The lowest BCUT2D eigenvalue weighted by Gasteiger charge is -2.12. The van der Waals surface area contributed by atoms with Gasteiger partial charge in [-0.25, -0.2) is 0 Å². The van der Waals surface area contributed by atoms with E-state index in [0.29, 0.717) is 13.2 Å². The van der Waals surface area contributed by atoms with Gasteiger partial charge in [0.05, 0.1) is 0 Å². The van der Waals surface area contributed by atoms with E-state index < -0.39 is 0 Å². The predicted octanol–water partition coefficient (Wildman–Crippen LogP) is 6.27. The van der Waals surface area contributed by atoms with Crippen LogP contribution in [-0.2, 0) is 13.2 Å². The first-order chi connectivity index (χ1) is 12.8. The summed E-state index contributed by atoms with van der Waals surface area (Å²) in [6.07, 6.45) is 5.23. The number of hydrogen-bond donors (Lipinski definition) is 0. The highest BCUT2D eigenvalue weighted by Crippen LogP contribution is 2.25. The Morgan fingerprint density at radius 1 is 0.692 bits per heavy atom. The third-order valence-electron chi connectivity index (χ3n) is 3.95. The maximum absolute atomic E-state index is 5.99. The molecule has 3 aromatic carbocycles. The third kappa shape index (κ3) is 5.52. The van der Waals surface area contributed by atoms with Crippen molar-refractivity contribution in [3.05, 3.63) is 102 Å². The molecule has 0 saturated heterocycles. The molecule has 0 aliphatic carbocycles. The minimum atomic E-state index is 0.542. The van der Waals surface area contributed by atoms with Crippen LogP contribution in [0.2, 0.25) is 0 Å². The van der Waals surface area contributed by atoms with Crippen molar-refractivity contribution in [3.8, 4) is 11.5 Å². The average molecular weight is 344 g/mol. The van der Waals surface area contributed by atoms with Crippen LogP contribution in [0.5, 0.6) is 11.5 Å². The predicted molar refractivity (Wildman–Crippen MR) is 107 cm³/mol. The van der Waals surface area contributed by atoms with Gasteiger partial charge in [0.15, 0.2) is 0 Å². The monoisotopic (exact) mass is 344 g/mol. The molecule has 0 atom stereocenters. The lowest BCUT2D eigenvalue weighted by molar-refractivity contribution is 0.290. The number of hydrogen-bond acceptors (Lipinski definition) is 2. The van der Waals surface area contributed by atoms with Crippen molar-refractivity contribution >= 4 is 6.08 Å². The Labute approximate surface area is 155 Å². The highest BCUT2D eigenvalue weighted by atomic mass is 16.5. The fourth-order valence-electron chi connectivity index (χ4n) is 2.59. The Bertz CT molecular complexity index is 762. The second-order valence-electron chi connectivity index (χ2n) is 6.10. The van der Waals surface area contributed by atoms with E-state index in [1.54, 1.807) is 0 Å². The molecule has 132 valence electrons. The van der Waals surface area contributed by atoms with Crippen LogP contribution in [-0.4, -0.2) is 0 Å². The molecule has 0 radical (unpaired) electrons. The molecule has 0 unspecified atom stereocenters. The molecule has 26 heavy (non-hydrogen) atoms. The summed E-state index contributed by atoms with van der Waals surface area (Å²) in [5, 5.41) is 0. The Balaban J connectivity index is 1.73. The fraction of sp³-hybridized carbons (Fsp3) is 0.167. The van der Waals surface area contributed by atoms with Crippen molar-refractivity contribution in [2.24, 2.45) is 0 Å². The zero-order valence-electron chi connectivity index (χ0n) is 15.1. The molecule has 0 heterocycles. The van der Waals surface area contributed by atoms with Crippen LogP contribution in [0.1, 0.15) is 30.0 Å². The molecule has 2 nitrogen and oxygen atoms in total. The van der Waals surface area contributed by atoms with E-state index >= 15 is 0 Å². The maximum atomic E-state index is 5.99. The summed E-state index contributed by atoms with van der Waals surface area (Å²) in [5.41, 5.74) is 3.38. The molecule has 3 aromatic rings. The lowest BCUT2D eigenvalue weighted by Crippen LogP contribution is -1.98. The zero-order chi connectivity index (χ0) is 18.0. The van der Waals surface area contributed by atoms with E-state index in [9.17, 15) is 0 Å². The van der Waals surface area contributed by atoms with Gasteiger partial charge in [-0.2, -0.15) is 0 Å². The van der Waals surface area contributed by atoms with Crippen molar-refractivity contribution in [2.75, 3.05) is 0 Å². The molecule has 2 heteroatoms. The normalized spacial score (nSPS) is 10.8. The molecule has 0 aliphatic heterocycles. The Kier molecular flexibility index (Phi) is 6.49. The van der Waals surface area contributed by atoms with Gasteiger partial charge < -0.3 is 9.47 Å². The minimum absolute atomic E-state index is 0.542. The third-order valence-corrected chi connectivity index (χ3v) is 3.95. The number of benzene rings is 3. The lowest BCUT2D eigenvalue weighted by atomic mass is 10.1. The van der Waals surface area contributed by atoms with Gasteiger partial charge in [-0.1, -0.05) is 79.7 Å². The van der Waals surface area contributed by atoms with Crippen LogP contribution in [0.4, 0.5) is 0 Å². The van der Waals surface area contributed by atoms with E-state index in [1.807, 2.05) is 54.6 Å². The van der Waals surface area contributed by atoms with Crippen LogP contribution in [0.15, 0.2) is 84.9 Å². The summed E-state index contributed by atoms with van der Waals surface area (Å²) >= 11 is 0. The molecule has 0 N–H and O–H groups in total. The molecular weight excluding hydrogens is 320 g/mol. The summed E-state index contributed by atoms with van der Waals surface area (Å²) in [4.78, 5) is 0. The number of allylic oxidation sites excluding steroid dienone is 1. The molecule has 0 amide bonds. The molecule has 0 saturated carbocycles. The van der Waals surface area contributed by atoms with Gasteiger partial charge in [-0.3, -0.25) is 0 Å². The molecule has 0 fully saturated rings. The molecule has 0 aliphatic rings. The van der Waals surface area contributed by atoms with E-state index in [-0.39, 0.29) is 0 Å². The van der Waals surface area contributed by atoms with Crippen LogP contribution < -0.4 is 9.47 Å². The second-order valence-corrected chi connectivity index (χ2v) is 6.10. The molecular formula is C24H24O2. The van der Waals surface area contributed by atoms with E-state index in [0.717, 1.165) is 34.6 Å². The number of rotatable bonds is 8. The van der Waals surface area contributed by atoms with E-state index in [2.05, 4.69) is 43.3 Å². The first-order valence-electron chi connectivity index (χ1n) is 8.98. The number of ether oxygens (including phenoxy) is 2. The van der Waals surface area contributed by atoms with Gasteiger partial charge in [-0.05, 0) is 35.2 Å². The average Bonchev–Trinajstić information content (AvgIpc) is 2.71. The van der Waals surface area contributed by atoms with E-state index in [1.165, 1.54) is 0 Å². The van der Waals surface area contributed by atoms with Gasteiger partial charge >= 0.3 is 0 Å². The zero-order valence-corrected chi connectivity index (χ0v) is 15.1. The van der Waals surface area contributed by atoms with Crippen molar-refractivity contribution < 1.29 is 9.47 Å². The van der Waals surface area contributed by atoms with Crippen LogP contribution in [0, 0.1) is 0 Å². The second kappa shape index (κ2) is 9.47. The first kappa shape index (κ1) is 17.8. The molecule has 3 rings (SSSR count). The largest absolute Gasteiger partial charge is 0.489 e. The molecule has 0 aromatic heterocycles. The topological polar surface area (TPSA) is 18.5 Å². The SMILES string of the molecule is CC/C=C/c1cc(OCc2ccccc2)cc(OCc2ccccc2)c1. The van der Waals surface area contributed by atoms with E-state index in [4.69, 9.17) is 9.47 Å². The van der Waals surface area contributed by atoms with Crippen molar-refractivity contribution in [1.82, 2.24) is 0 Å². The highest BCUT2D eigenvalue weighted by Gasteiger charge is 2.03. The summed E-state index contributed by atoms with van der Waals surface area (Å²) in [6, 6.07) is 26.4. The van der Waals surface area contributed by atoms with Crippen LogP contribution in [0.25, 0.3) is 6.08 Å². The minimum Gasteiger partial charge on any atom is -0.489 e. The molecule has 0 bridgehead atoms. The highest BCUT2D eigenvalue weighted by molar-refractivity contribution is 5.55. The molecule has 0 spiro atoms. The van der Waals surface area contributed by atoms with Crippen molar-refractivity contribution in [3.63, 3.8) is 0 Å². The Hall–Kier alpha value is -3.00. The summed E-state index contributed by atoms with van der Waals surface area (Å²) in [7, 11) is 0. The first-order valence-corrected chi connectivity index (χ1v) is 8.98. The van der Waals surface area contributed by atoms with Gasteiger partial charge in [0.2, 0.25) is 0 Å². The van der Waals surface area contributed by atoms with Crippen LogP contribution >= 0.6 is 0 Å². The van der Waals surface area contributed by atoms with Crippen molar-refractivity contribution in [1.29, 1.82) is 0 Å². The summed E-state index contributed by atoms with van der Waals surface area (Å²) in [5.74, 6) is 1.63. The van der Waals surface area contributed by atoms with Gasteiger partial charge in [0.25, 0.3) is 0 Å². The Morgan fingerprint density at radius 3 is 1.65 bits per heavy atom.